The molecule has 0 saturated heterocycles. The molecule has 2 rings (SSSR count). The Balaban J connectivity index is 2.55. The molecule has 1 aliphatic heterocycles. The van der Waals surface area contributed by atoms with E-state index in [1.807, 2.05) is 6.92 Å². The number of carbonyl (C=O) groups excluding carboxylic acids is 1. The first-order chi connectivity index (χ1) is 15.0. The summed E-state index contributed by atoms with van der Waals surface area (Å²) in [5.74, 6) is 5.01. The fourth-order valence-corrected chi connectivity index (χ4v) is 5.14. The summed E-state index contributed by atoms with van der Waals surface area (Å²) in [6, 6.07) is 3.84. The van der Waals surface area contributed by atoms with Gasteiger partial charge in [-0.1, -0.05) is 18.8 Å². The third-order valence-corrected chi connectivity index (χ3v) is 7.26. The van der Waals surface area contributed by atoms with Crippen LogP contribution in [0.1, 0.15) is 26.3 Å². The van der Waals surface area contributed by atoms with Crippen molar-refractivity contribution >= 4 is 15.9 Å². The Kier molecular flexibility index (Phi) is 9.07. The number of methoxy groups -OCH3 is 1. The summed E-state index contributed by atoms with van der Waals surface area (Å²) in [6.45, 7) is 4.93. The number of benzene rings is 1. The lowest BCUT2D eigenvalue weighted by atomic mass is 10.0. The molecule has 2 N–H and O–H groups in total. The molecule has 1 aromatic carbocycles. The highest BCUT2D eigenvalue weighted by Crippen LogP contribution is 2.34. The van der Waals surface area contributed by atoms with Crippen LogP contribution in [0, 0.1) is 17.8 Å². The first-order valence-corrected chi connectivity index (χ1v) is 11.8. The van der Waals surface area contributed by atoms with Crippen molar-refractivity contribution in [1.29, 1.82) is 0 Å². The Hall–Kier alpha value is -2.16. The predicted octanol–water partition coefficient (Wildman–Crippen LogP) is 0.292. The third kappa shape index (κ3) is 6.21. The molecule has 0 aromatic heterocycles. The number of ether oxygens (including phenoxy) is 2. The van der Waals surface area contributed by atoms with Crippen LogP contribution in [0.3, 0.4) is 0 Å². The van der Waals surface area contributed by atoms with E-state index in [4.69, 9.17) is 9.47 Å². The Bertz CT molecular complexity index is 968. The molecule has 0 unspecified atom stereocenters. The van der Waals surface area contributed by atoms with Gasteiger partial charge in [0.1, 0.15) is 29.5 Å². The van der Waals surface area contributed by atoms with E-state index in [1.165, 1.54) is 35.4 Å². The average Bonchev–Trinajstić information content (AvgIpc) is 2.74. The van der Waals surface area contributed by atoms with Crippen molar-refractivity contribution in [3.8, 4) is 17.6 Å². The van der Waals surface area contributed by atoms with Gasteiger partial charge >= 0.3 is 0 Å². The Morgan fingerprint density at radius 2 is 2.09 bits per heavy atom. The number of fused-ring (bicyclic) bond motifs is 1. The fraction of sp³-hybridized carbons (Fsp3) is 0.591. The third-order valence-electron chi connectivity index (χ3n) is 5.24. The predicted molar refractivity (Wildman–Crippen MR) is 119 cm³/mol. The van der Waals surface area contributed by atoms with Gasteiger partial charge in [0, 0.05) is 38.2 Å². The lowest BCUT2D eigenvalue weighted by Crippen LogP contribution is -2.50. The Morgan fingerprint density at radius 1 is 1.41 bits per heavy atom. The molecule has 0 saturated carbocycles. The summed E-state index contributed by atoms with van der Waals surface area (Å²) in [6.07, 6.45) is -1.36. The second kappa shape index (κ2) is 11.1. The summed E-state index contributed by atoms with van der Waals surface area (Å²) in [5.41, 5.74) is 0.484. The van der Waals surface area contributed by atoms with Crippen LogP contribution in [0.15, 0.2) is 23.1 Å². The lowest BCUT2D eigenvalue weighted by molar-refractivity contribution is -0.135. The summed E-state index contributed by atoms with van der Waals surface area (Å²) >= 11 is 0. The van der Waals surface area contributed by atoms with Gasteiger partial charge in [0.05, 0.1) is 13.2 Å². The van der Waals surface area contributed by atoms with Crippen LogP contribution in [-0.4, -0.2) is 92.5 Å². The number of hydrogen-bond donors (Lipinski definition) is 2. The highest BCUT2D eigenvalue weighted by molar-refractivity contribution is 7.89. The van der Waals surface area contributed by atoms with Gasteiger partial charge in [-0.25, -0.2) is 8.42 Å². The number of amides is 1. The van der Waals surface area contributed by atoms with E-state index in [1.54, 1.807) is 20.0 Å². The molecule has 32 heavy (non-hydrogen) atoms. The van der Waals surface area contributed by atoms with E-state index >= 15 is 0 Å². The normalized spacial score (nSPS) is 22.2. The SMILES string of the molecule is COCC(=O)N(C)C[C@H]1Oc2cc(C#C[C@@H](C)O)ccc2S(=O)(=O)N([C@H](C)CO)C[C@H]1C. The number of hydrogen-bond acceptors (Lipinski definition) is 7. The second-order valence-corrected chi connectivity index (χ2v) is 9.91. The van der Waals surface area contributed by atoms with E-state index in [0.29, 0.717) is 5.56 Å². The van der Waals surface area contributed by atoms with Gasteiger partial charge in [-0.2, -0.15) is 4.31 Å². The van der Waals surface area contributed by atoms with Gasteiger partial charge in [-0.05, 0) is 32.0 Å². The van der Waals surface area contributed by atoms with Crippen molar-refractivity contribution in [3.63, 3.8) is 0 Å². The minimum absolute atomic E-state index is 0.0387. The fourth-order valence-electron chi connectivity index (χ4n) is 3.31. The molecule has 4 atom stereocenters. The quantitative estimate of drug-likeness (QED) is 0.577. The molecule has 9 nitrogen and oxygen atoms in total. The molecule has 10 heteroatoms. The average molecular weight is 469 g/mol. The van der Waals surface area contributed by atoms with Crippen molar-refractivity contribution < 1.29 is 32.9 Å². The van der Waals surface area contributed by atoms with Gasteiger partial charge in [-0.15, -0.1) is 0 Å². The van der Waals surface area contributed by atoms with E-state index in [2.05, 4.69) is 11.8 Å². The number of carbonyl (C=O) groups is 1. The maximum absolute atomic E-state index is 13.4. The minimum Gasteiger partial charge on any atom is -0.487 e. The molecule has 0 bridgehead atoms. The highest BCUT2D eigenvalue weighted by atomic mass is 32.2. The summed E-state index contributed by atoms with van der Waals surface area (Å²) in [4.78, 5) is 13.7. The summed E-state index contributed by atoms with van der Waals surface area (Å²) in [5, 5.41) is 19.1. The molecule has 1 aliphatic rings. The van der Waals surface area contributed by atoms with Crippen LogP contribution in [0.4, 0.5) is 0 Å². The van der Waals surface area contributed by atoms with Gasteiger partial charge in [0.15, 0.2) is 0 Å². The zero-order valence-corrected chi connectivity index (χ0v) is 19.9. The van der Waals surface area contributed by atoms with Crippen LogP contribution in [0.25, 0.3) is 0 Å². The topological polar surface area (TPSA) is 117 Å². The molecular weight excluding hydrogens is 436 g/mol. The number of sulfonamides is 1. The monoisotopic (exact) mass is 468 g/mol. The van der Waals surface area contributed by atoms with Crippen LogP contribution < -0.4 is 4.74 Å². The maximum atomic E-state index is 13.4. The molecule has 1 aromatic rings. The first kappa shape index (κ1) is 26.1. The first-order valence-electron chi connectivity index (χ1n) is 10.4. The standard InChI is InChI=1S/C22H32N2O7S/c1-15-11-24(16(2)13-25)32(28,29)21-9-8-18(7-6-17(3)26)10-19(21)31-20(15)12-23(4)22(27)14-30-5/h8-10,15-17,20,25-26H,11-14H2,1-5H3/t15-,16-,17-,20-/m1/s1. The van der Waals surface area contributed by atoms with E-state index in [0.717, 1.165) is 0 Å². The Labute approximate surface area is 190 Å². The number of likely N-dealkylation sites (N-methyl/N-ethyl adjacent to an activating group) is 1. The summed E-state index contributed by atoms with van der Waals surface area (Å²) in [7, 11) is -0.894. The highest BCUT2D eigenvalue weighted by Gasteiger charge is 2.38. The number of aliphatic hydroxyl groups is 2. The van der Waals surface area contributed by atoms with Crippen LogP contribution in [0.5, 0.6) is 5.75 Å². The van der Waals surface area contributed by atoms with Crippen molar-refractivity contribution in [2.24, 2.45) is 5.92 Å². The van der Waals surface area contributed by atoms with Gasteiger partial charge in [-0.3, -0.25) is 4.79 Å². The largest absolute Gasteiger partial charge is 0.487 e. The zero-order valence-electron chi connectivity index (χ0n) is 19.1. The second-order valence-electron chi connectivity index (χ2n) is 8.05. The molecule has 1 heterocycles. The molecule has 178 valence electrons. The summed E-state index contributed by atoms with van der Waals surface area (Å²) < 4.78 is 39.1. The van der Waals surface area contributed by atoms with Gasteiger partial charge < -0.3 is 24.6 Å². The van der Waals surface area contributed by atoms with Crippen LogP contribution in [0.2, 0.25) is 0 Å². The van der Waals surface area contributed by atoms with Crippen LogP contribution in [-0.2, 0) is 19.6 Å². The van der Waals surface area contributed by atoms with Gasteiger partial charge in [0.25, 0.3) is 0 Å². The van der Waals surface area contributed by atoms with Crippen molar-refractivity contribution in [2.45, 2.75) is 43.9 Å². The number of nitrogens with zero attached hydrogens (tertiary/aromatic N) is 2. The zero-order chi connectivity index (χ0) is 24.1. The van der Waals surface area contributed by atoms with E-state index in [9.17, 15) is 23.4 Å². The van der Waals surface area contributed by atoms with Crippen LogP contribution >= 0.6 is 0 Å². The van der Waals surface area contributed by atoms with E-state index < -0.39 is 28.3 Å². The molecule has 0 spiro atoms. The molecule has 0 aliphatic carbocycles. The van der Waals surface area contributed by atoms with Gasteiger partial charge in [0.2, 0.25) is 15.9 Å². The number of rotatable bonds is 6. The molecular formula is C22H32N2O7S. The minimum atomic E-state index is -3.96. The van der Waals surface area contributed by atoms with Crippen molar-refractivity contribution in [2.75, 3.05) is 40.5 Å². The number of aliphatic hydroxyl groups excluding tert-OH is 2. The smallest absolute Gasteiger partial charge is 0.248 e. The molecule has 0 radical (unpaired) electrons. The maximum Gasteiger partial charge on any atom is 0.248 e. The molecule has 1 amide bonds. The van der Waals surface area contributed by atoms with Crippen molar-refractivity contribution in [3.05, 3.63) is 23.8 Å². The lowest BCUT2D eigenvalue weighted by Gasteiger charge is -2.37. The van der Waals surface area contributed by atoms with E-state index in [-0.39, 0.29) is 48.8 Å². The van der Waals surface area contributed by atoms with Crippen molar-refractivity contribution in [1.82, 2.24) is 9.21 Å². The Morgan fingerprint density at radius 3 is 2.69 bits per heavy atom. The molecule has 0 fully saturated rings.